The van der Waals surface area contributed by atoms with E-state index in [1.165, 1.54) is 0 Å². The second kappa shape index (κ2) is 8.73. The lowest BCUT2D eigenvalue weighted by molar-refractivity contribution is -0.141. The molecule has 1 N–H and O–H groups in total. The number of pyridine rings is 2. The first kappa shape index (κ1) is 22.6. The number of hydrogen-bond acceptors (Lipinski definition) is 6. The Labute approximate surface area is 191 Å². The molecule has 2 aromatic heterocycles. The predicted octanol–water partition coefficient (Wildman–Crippen LogP) is 3.79. The Balaban J connectivity index is 1.56. The highest BCUT2D eigenvalue weighted by Crippen LogP contribution is 2.35. The van der Waals surface area contributed by atoms with Gasteiger partial charge in [0.25, 0.3) is 0 Å². The smallest absolute Gasteiger partial charge is 0.225 e. The molecule has 0 spiro atoms. The monoisotopic (exact) mass is 464 g/mol. The van der Waals surface area contributed by atoms with E-state index in [-0.39, 0.29) is 28.7 Å². The number of aromatic nitrogens is 2. The zero-order valence-corrected chi connectivity index (χ0v) is 19.9. The van der Waals surface area contributed by atoms with Crippen LogP contribution in [0.3, 0.4) is 0 Å². The Morgan fingerprint density at radius 2 is 2.03 bits per heavy atom. The predicted molar refractivity (Wildman–Crippen MR) is 122 cm³/mol. The van der Waals surface area contributed by atoms with Gasteiger partial charge in [0, 0.05) is 35.2 Å². The van der Waals surface area contributed by atoms with E-state index < -0.39 is 11.4 Å². The zero-order valence-electron chi connectivity index (χ0n) is 18.4. The molecule has 1 unspecified atom stereocenters. The first-order valence-electron chi connectivity index (χ1n) is 10.7. The summed E-state index contributed by atoms with van der Waals surface area (Å²) in [4.78, 5) is 22.8. The SMILES string of the molecule is CCC(N[S@@+]([O-])C(C)(C)C)c1cnc(OC2CN(C(=O)C3CC3)C2)c2cnc(Cl)cc12. The molecule has 1 amide bonds. The number of halogens is 1. The lowest BCUT2D eigenvalue weighted by Crippen LogP contribution is -2.56. The zero-order chi connectivity index (χ0) is 22.3. The third-order valence-corrected chi connectivity index (χ3v) is 7.50. The quantitative estimate of drug-likeness (QED) is 0.495. The summed E-state index contributed by atoms with van der Waals surface area (Å²) in [5, 5.41) is 2.01. The van der Waals surface area contributed by atoms with E-state index in [0.717, 1.165) is 35.6 Å². The summed E-state index contributed by atoms with van der Waals surface area (Å²) < 4.78 is 21.7. The molecule has 0 radical (unpaired) electrons. The van der Waals surface area contributed by atoms with E-state index in [9.17, 15) is 9.35 Å². The van der Waals surface area contributed by atoms with Crippen molar-refractivity contribution in [3.63, 3.8) is 0 Å². The topological polar surface area (TPSA) is 90.4 Å². The average molecular weight is 465 g/mol. The van der Waals surface area contributed by atoms with Crippen LogP contribution >= 0.6 is 11.6 Å². The van der Waals surface area contributed by atoms with Gasteiger partial charge < -0.3 is 14.2 Å². The van der Waals surface area contributed by atoms with Crippen LogP contribution in [0.4, 0.5) is 0 Å². The normalized spacial score (nSPS) is 19.2. The molecule has 1 aliphatic heterocycles. The molecule has 7 nitrogen and oxygen atoms in total. The molecule has 2 atom stereocenters. The van der Waals surface area contributed by atoms with Crippen molar-refractivity contribution in [2.45, 2.75) is 63.9 Å². The van der Waals surface area contributed by atoms with E-state index in [4.69, 9.17) is 16.3 Å². The molecule has 31 heavy (non-hydrogen) atoms. The number of likely N-dealkylation sites (tertiary alicyclic amines) is 1. The van der Waals surface area contributed by atoms with Crippen molar-refractivity contribution < 1.29 is 14.1 Å². The number of nitrogens with one attached hydrogen (secondary N) is 1. The summed E-state index contributed by atoms with van der Waals surface area (Å²) in [7, 11) is 0. The van der Waals surface area contributed by atoms with E-state index in [1.54, 1.807) is 18.5 Å². The maximum absolute atomic E-state index is 12.7. The fraction of sp³-hybridized carbons (Fsp3) is 0.591. The summed E-state index contributed by atoms with van der Waals surface area (Å²) in [5.74, 6) is 0.950. The van der Waals surface area contributed by atoms with Gasteiger partial charge in [0.1, 0.15) is 16.0 Å². The number of amides is 1. The Kier molecular flexibility index (Phi) is 6.36. The van der Waals surface area contributed by atoms with Crippen molar-refractivity contribution in [2.75, 3.05) is 13.1 Å². The van der Waals surface area contributed by atoms with Gasteiger partial charge in [-0.2, -0.15) is 0 Å². The Morgan fingerprint density at radius 3 is 2.65 bits per heavy atom. The molecule has 168 valence electrons. The number of hydrogen-bond donors (Lipinski definition) is 1. The number of nitrogens with zero attached hydrogens (tertiary/aromatic N) is 3. The molecule has 1 saturated heterocycles. The maximum atomic E-state index is 12.7. The lowest BCUT2D eigenvalue weighted by Gasteiger charge is -2.39. The van der Waals surface area contributed by atoms with Gasteiger partial charge in [-0.05, 0) is 51.5 Å². The van der Waals surface area contributed by atoms with Crippen LogP contribution in [0.2, 0.25) is 5.15 Å². The molecule has 4 rings (SSSR count). The van der Waals surface area contributed by atoms with Crippen molar-refractivity contribution in [3.8, 4) is 5.88 Å². The molecular weight excluding hydrogens is 436 g/mol. The van der Waals surface area contributed by atoms with Crippen LogP contribution in [0, 0.1) is 5.92 Å². The third kappa shape index (κ3) is 4.92. The first-order valence-corrected chi connectivity index (χ1v) is 12.3. The number of rotatable bonds is 7. The van der Waals surface area contributed by atoms with Gasteiger partial charge in [0.2, 0.25) is 11.8 Å². The molecule has 0 bridgehead atoms. The van der Waals surface area contributed by atoms with Crippen LogP contribution in [-0.4, -0.2) is 49.3 Å². The summed E-state index contributed by atoms with van der Waals surface area (Å²) >= 11 is 4.98. The second-order valence-electron chi connectivity index (χ2n) is 9.29. The van der Waals surface area contributed by atoms with Crippen molar-refractivity contribution >= 4 is 39.6 Å². The Bertz CT molecular complexity index is 973. The van der Waals surface area contributed by atoms with Gasteiger partial charge >= 0.3 is 0 Å². The highest BCUT2D eigenvalue weighted by molar-refractivity contribution is 7.90. The number of carbonyl (C=O) groups excluding carboxylic acids is 1. The first-order chi connectivity index (χ1) is 14.7. The summed E-state index contributed by atoms with van der Waals surface area (Å²) in [6.45, 7) is 9.03. The molecule has 2 aliphatic rings. The van der Waals surface area contributed by atoms with Gasteiger partial charge in [0.05, 0.1) is 24.5 Å². The molecule has 2 aromatic rings. The van der Waals surface area contributed by atoms with Crippen molar-refractivity contribution in [1.29, 1.82) is 0 Å². The number of fused-ring (bicyclic) bond motifs is 1. The number of ether oxygens (including phenoxy) is 1. The van der Waals surface area contributed by atoms with Gasteiger partial charge in [0.15, 0.2) is 0 Å². The standard InChI is InChI=1S/C22H29ClN4O3S/c1-5-18(26-31(29)22(2,3)4)16-9-25-20(17-10-24-19(23)8-15(16)17)30-14-11-27(12-14)21(28)13-6-7-13/h8-10,13-14,18,26H,5-7,11-12H2,1-4H3/t18?,31-/m0/s1. The summed E-state index contributed by atoms with van der Waals surface area (Å²) in [6.07, 6.45) is 6.11. The Morgan fingerprint density at radius 1 is 1.32 bits per heavy atom. The van der Waals surface area contributed by atoms with Gasteiger partial charge in [-0.1, -0.05) is 18.5 Å². The molecular formula is C22H29ClN4O3S. The van der Waals surface area contributed by atoms with E-state index in [1.807, 2.05) is 32.6 Å². The summed E-state index contributed by atoms with van der Waals surface area (Å²) in [5.41, 5.74) is 0.908. The fourth-order valence-electron chi connectivity index (χ4n) is 3.59. The van der Waals surface area contributed by atoms with Crippen LogP contribution < -0.4 is 9.46 Å². The summed E-state index contributed by atoms with van der Waals surface area (Å²) in [6, 6.07) is 1.65. The van der Waals surface area contributed by atoms with Gasteiger partial charge in [-0.15, -0.1) is 4.72 Å². The Hall–Kier alpha value is -1.61. The van der Waals surface area contributed by atoms with Crippen LogP contribution in [0.15, 0.2) is 18.5 Å². The van der Waals surface area contributed by atoms with Crippen molar-refractivity contribution in [2.24, 2.45) is 5.92 Å². The minimum absolute atomic E-state index is 0.0755. The molecule has 9 heteroatoms. The second-order valence-corrected chi connectivity index (χ2v) is 11.7. The molecule has 1 saturated carbocycles. The minimum Gasteiger partial charge on any atom is -0.598 e. The third-order valence-electron chi connectivity index (χ3n) is 5.69. The highest BCUT2D eigenvalue weighted by atomic mass is 35.5. The van der Waals surface area contributed by atoms with Crippen LogP contribution in [0.25, 0.3) is 10.8 Å². The maximum Gasteiger partial charge on any atom is 0.225 e. The molecule has 3 heterocycles. The van der Waals surface area contributed by atoms with Crippen LogP contribution in [-0.2, 0) is 16.2 Å². The number of carbonyl (C=O) groups is 1. The van der Waals surface area contributed by atoms with Crippen molar-refractivity contribution in [3.05, 3.63) is 29.2 Å². The molecule has 2 fully saturated rings. The van der Waals surface area contributed by atoms with Crippen molar-refractivity contribution in [1.82, 2.24) is 19.6 Å². The van der Waals surface area contributed by atoms with Gasteiger partial charge in [-0.25, -0.2) is 9.97 Å². The largest absolute Gasteiger partial charge is 0.598 e. The van der Waals surface area contributed by atoms with E-state index in [2.05, 4.69) is 14.7 Å². The fourth-order valence-corrected chi connectivity index (χ4v) is 4.65. The van der Waals surface area contributed by atoms with Crippen LogP contribution in [0.5, 0.6) is 5.88 Å². The molecule has 1 aliphatic carbocycles. The van der Waals surface area contributed by atoms with E-state index >= 15 is 0 Å². The minimum atomic E-state index is -1.23. The van der Waals surface area contributed by atoms with E-state index in [0.29, 0.717) is 24.1 Å². The van der Waals surface area contributed by atoms with Gasteiger partial charge in [-0.3, -0.25) is 4.79 Å². The molecule has 0 aromatic carbocycles. The van der Waals surface area contributed by atoms with Crippen LogP contribution in [0.1, 0.15) is 58.6 Å². The highest BCUT2D eigenvalue weighted by Gasteiger charge is 2.40. The lowest BCUT2D eigenvalue weighted by atomic mass is 10.0. The average Bonchev–Trinajstić information content (AvgIpc) is 3.52.